The molecule has 1 saturated carbocycles. The van der Waals surface area contributed by atoms with Crippen LogP contribution in [0.2, 0.25) is 0 Å². The summed E-state index contributed by atoms with van der Waals surface area (Å²) >= 11 is 1.26. The molecule has 1 aromatic heterocycles. The van der Waals surface area contributed by atoms with E-state index in [9.17, 15) is 9.59 Å². The van der Waals surface area contributed by atoms with Crippen molar-refractivity contribution in [1.82, 2.24) is 20.6 Å². The van der Waals surface area contributed by atoms with E-state index in [1.807, 2.05) is 30.3 Å². The van der Waals surface area contributed by atoms with Gasteiger partial charge in [0.1, 0.15) is 0 Å². The van der Waals surface area contributed by atoms with Gasteiger partial charge in [-0.1, -0.05) is 42.1 Å². The summed E-state index contributed by atoms with van der Waals surface area (Å²) < 4.78 is 0. The minimum Gasteiger partial charge on any atom is -0.335 e. The molecule has 2 aromatic rings. The minimum absolute atomic E-state index is 0.139. The molecule has 0 atom stereocenters. The van der Waals surface area contributed by atoms with Crippen LogP contribution in [0.4, 0.5) is 4.79 Å². The molecule has 1 aromatic carbocycles. The predicted octanol–water partition coefficient (Wildman–Crippen LogP) is 2.16. The third-order valence-corrected chi connectivity index (χ3v) is 4.03. The fraction of sp³-hybridized carbons (Fsp3) is 0.267. The molecule has 3 N–H and O–H groups in total. The number of imide groups is 1. The van der Waals surface area contributed by atoms with Crippen molar-refractivity contribution >= 4 is 23.7 Å². The van der Waals surface area contributed by atoms with Gasteiger partial charge in [-0.3, -0.25) is 10.1 Å². The van der Waals surface area contributed by atoms with Crippen molar-refractivity contribution in [2.24, 2.45) is 0 Å². The van der Waals surface area contributed by atoms with E-state index in [-0.39, 0.29) is 17.7 Å². The number of nitrogens with one attached hydrogen (secondary N) is 3. The van der Waals surface area contributed by atoms with Crippen LogP contribution in [0.25, 0.3) is 11.3 Å². The van der Waals surface area contributed by atoms with E-state index in [4.69, 9.17) is 0 Å². The molecule has 3 rings (SSSR count). The highest BCUT2D eigenvalue weighted by molar-refractivity contribution is 7.99. The lowest BCUT2D eigenvalue weighted by molar-refractivity contribution is -0.117. The van der Waals surface area contributed by atoms with E-state index in [2.05, 4.69) is 20.6 Å². The lowest BCUT2D eigenvalue weighted by Gasteiger charge is -2.04. The van der Waals surface area contributed by atoms with E-state index < -0.39 is 6.03 Å². The number of nitrogens with zero attached hydrogens (tertiary/aromatic N) is 1. The molecule has 0 aliphatic heterocycles. The van der Waals surface area contributed by atoms with Gasteiger partial charge in [-0.15, -0.1) is 0 Å². The van der Waals surface area contributed by atoms with Crippen LogP contribution >= 0.6 is 11.8 Å². The molecule has 114 valence electrons. The summed E-state index contributed by atoms with van der Waals surface area (Å²) in [4.78, 5) is 30.5. The third kappa shape index (κ3) is 4.11. The SMILES string of the molecule is O=C(CSc1ncc(-c2ccccc2)[nH]1)NC(=O)NC1CC1. The molecule has 7 heteroatoms. The topological polar surface area (TPSA) is 86.9 Å². The van der Waals surface area contributed by atoms with Crippen LogP contribution in [0.3, 0.4) is 0 Å². The van der Waals surface area contributed by atoms with Gasteiger partial charge < -0.3 is 10.3 Å². The average molecular weight is 316 g/mol. The largest absolute Gasteiger partial charge is 0.335 e. The van der Waals surface area contributed by atoms with Gasteiger partial charge in [-0.2, -0.15) is 0 Å². The maximum absolute atomic E-state index is 11.7. The van der Waals surface area contributed by atoms with Gasteiger partial charge in [-0.05, 0) is 18.4 Å². The highest BCUT2D eigenvalue weighted by Crippen LogP contribution is 2.21. The predicted molar refractivity (Wildman–Crippen MR) is 84.4 cm³/mol. The Morgan fingerprint density at radius 2 is 2.05 bits per heavy atom. The van der Waals surface area contributed by atoms with E-state index in [0.717, 1.165) is 24.1 Å². The summed E-state index contributed by atoms with van der Waals surface area (Å²) in [5, 5.41) is 5.66. The molecule has 0 radical (unpaired) electrons. The van der Waals surface area contributed by atoms with Gasteiger partial charge in [0, 0.05) is 6.04 Å². The molecular formula is C15H16N4O2S. The Hall–Kier alpha value is -2.28. The van der Waals surface area contributed by atoms with Crippen LogP contribution in [0, 0.1) is 0 Å². The second-order valence-electron chi connectivity index (χ2n) is 5.05. The highest BCUT2D eigenvalue weighted by atomic mass is 32.2. The smallest absolute Gasteiger partial charge is 0.321 e. The van der Waals surface area contributed by atoms with Crippen LogP contribution in [-0.2, 0) is 4.79 Å². The number of rotatable bonds is 5. The zero-order chi connectivity index (χ0) is 15.4. The van der Waals surface area contributed by atoms with Crippen LogP contribution in [0.1, 0.15) is 12.8 Å². The molecule has 0 saturated heterocycles. The number of aromatic nitrogens is 2. The highest BCUT2D eigenvalue weighted by Gasteiger charge is 2.23. The summed E-state index contributed by atoms with van der Waals surface area (Å²) in [5.41, 5.74) is 1.94. The van der Waals surface area contributed by atoms with Crippen LogP contribution in [0.15, 0.2) is 41.7 Å². The van der Waals surface area contributed by atoms with Crippen molar-refractivity contribution in [2.75, 3.05) is 5.75 Å². The van der Waals surface area contributed by atoms with Gasteiger partial charge in [0.05, 0.1) is 17.6 Å². The van der Waals surface area contributed by atoms with E-state index in [1.54, 1.807) is 6.20 Å². The number of urea groups is 1. The Morgan fingerprint density at radius 1 is 1.27 bits per heavy atom. The number of carbonyl (C=O) groups is 2. The lowest BCUT2D eigenvalue weighted by Crippen LogP contribution is -2.41. The van der Waals surface area contributed by atoms with Gasteiger partial charge in [0.25, 0.3) is 0 Å². The van der Waals surface area contributed by atoms with Crippen LogP contribution in [0.5, 0.6) is 0 Å². The molecule has 3 amide bonds. The molecule has 0 bridgehead atoms. The first-order valence-corrected chi connectivity index (χ1v) is 8.03. The molecule has 1 heterocycles. The van der Waals surface area contributed by atoms with Gasteiger partial charge in [0.2, 0.25) is 5.91 Å². The number of hydrogen-bond donors (Lipinski definition) is 3. The number of amides is 3. The Kier molecular flexibility index (Phi) is 4.43. The first-order valence-electron chi connectivity index (χ1n) is 7.04. The molecule has 22 heavy (non-hydrogen) atoms. The monoisotopic (exact) mass is 316 g/mol. The van der Waals surface area contributed by atoms with E-state index >= 15 is 0 Å². The first kappa shape index (κ1) is 14.6. The summed E-state index contributed by atoms with van der Waals surface area (Å²) in [6, 6.07) is 9.64. The molecule has 0 unspecified atom stereocenters. The number of imidazole rings is 1. The average Bonchev–Trinajstić information content (AvgIpc) is 3.19. The Bertz CT molecular complexity index is 667. The second kappa shape index (κ2) is 6.65. The van der Waals surface area contributed by atoms with E-state index in [0.29, 0.717) is 5.16 Å². The van der Waals surface area contributed by atoms with E-state index in [1.165, 1.54) is 11.8 Å². The van der Waals surface area contributed by atoms with Crippen molar-refractivity contribution in [3.05, 3.63) is 36.5 Å². The van der Waals surface area contributed by atoms with Gasteiger partial charge in [-0.25, -0.2) is 9.78 Å². The Balaban J connectivity index is 1.48. The van der Waals surface area contributed by atoms with Crippen LogP contribution in [-0.4, -0.2) is 33.7 Å². The maximum Gasteiger partial charge on any atom is 0.321 e. The van der Waals surface area contributed by atoms with Gasteiger partial charge in [0.15, 0.2) is 5.16 Å². The van der Waals surface area contributed by atoms with Crippen LogP contribution < -0.4 is 10.6 Å². The van der Waals surface area contributed by atoms with Crippen molar-refractivity contribution < 1.29 is 9.59 Å². The van der Waals surface area contributed by atoms with Crippen molar-refractivity contribution in [1.29, 1.82) is 0 Å². The summed E-state index contributed by atoms with van der Waals surface area (Å²) in [6.07, 6.45) is 3.71. The molecule has 0 spiro atoms. The third-order valence-electron chi connectivity index (χ3n) is 3.14. The van der Waals surface area contributed by atoms with Crippen molar-refractivity contribution in [3.8, 4) is 11.3 Å². The Morgan fingerprint density at radius 3 is 2.77 bits per heavy atom. The first-order chi connectivity index (χ1) is 10.7. The number of thioether (sulfide) groups is 1. The molecule has 1 aliphatic rings. The standard InChI is InChI=1S/C15H16N4O2S/c20-13(19-14(21)17-11-6-7-11)9-22-15-16-8-12(18-15)10-4-2-1-3-5-10/h1-5,8,11H,6-7,9H2,(H,16,18)(H2,17,19,20,21). The number of hydrogen-bond acceptors (Lipinski definition) is 4. The number of carbonyl (C=O) groups excluding carboxylic acids is 2. The normalized spacial score (nSPS) is 13.6. The molecule has 6 nitrogen and oxygen atoms in total. The fourth-order valence-corrected chi connectivity index (χ4v) is 2.54. The lowest BCUT2D eigenvalue weighted by atomic mass is 10.2. The van der Waals surface area contributed by atoms with Gasteiger partial charge >= 0.3 is 6.03 Å². The summed E-state index contributed by atoms with van der Waals surface area (Å²) in [5.74, 6) is -0.194. The fourth-order valence-electron chi connectivity index (χ4n) is 1.89. The zero-order valence-corrected chi connectivity index (χ0v) is 12.7. The number of benzene rings is 1. The zero-order valence-electron chi connectivity index (χ0n) is 11.8. The van der Waals surface area contributed by atoms with Crippen molar-refractivity contribution in [2.45, 2.75) is 24.0 Å². The quantitative estimate of drug-likeness (QED) is 0.738. The second-order valence-corrected chi connectivity index (χ2v) is 6.02. The molecule has 1 aliphatic carbocycles. The van der Waals surface area contributed by atoms with Crippen molar-refractivity contribution in [3.63, 3.8) is 0 Å². The molecular weight excluding hydrogens is 300 g/mol. The Labute approximate surface area is 132 Å². The summed E-state index contributed by atoms with van der Waals surface area (Å²) in [7, 11) is 0. The molecule has 1 fully saturated rings. The number of H-pyrrole nitrogens is 1. The minimum atomic E-state index is -0.419. The number of aromatic amines is 1. The maximum atomic E-state index is 11.7. The summed E-state index contributed by atoms with van der Waals surface area (Å²) in [6.45, 7) is 0.